The molecule has 0 aliphatic carbocycles. The van der Waals surface area contributed by atoms with Crippen LogP contribution >= 0.6 is 0 Å². The van der Waals surface area contributed by atoms with Gasteiger partial charge in [0.25, 0.3) is 0 Å². The molecule has 1 aromatic heterocycles. The average molecular weight is 211 g/mol. The molecule has 0 atom stereocenters. The number of rotatable bonds is 6. The molecule has 0 radical (unpaired) electrons. The molecular weight excluding hydrogens is 194 g/mol. The molecule has 0 amide bonds. The standard InChI is InChI=1S/C10H17N3O2/c1-4-14-5-6-15-9-7-8(2)12-10(11-3)13-9/h7H,4-6H2,1-3H3,(H,11,12,13). The summed E-state index contributed by atoms with van der Waals surface area (Å²) in [5.74, 6) is 1.15. The Bertz CT molecular complexity index is 305. The second kappa shape index (κ2) is 6.19. The highest BCUT2D eigenvalue weighted by Crippen LogP contribution is 2.11. The molecule has 0 unspecified atom stereocenters. The zero-order chi connectivity index (χ0) is 11.1. The maximum atomic E-state index is 5.42. The van der Waals surface area contributed by atoms with E-state index in [1.165, 1.54) is 0 Å². The third-order valence-electron chi connectivity index (χ3n) is 1.74. The van der Waals surface area contributed by atoms with Crippen molar-refractivity contribution < 1.29 is 9.47 Å². The molecule has 0 aliphatic rings. The Labute approximate surface area is 89.8 Å². The predicted molar refractivity (Wildman–Crippen MR) is 58.3 cm³/mol. The SMILES string of the molecule is CCOCCOc1cc(C)nc(NC)n1. The summed E-state index contributed by atoms with van der Waals surface area (Å²) in [6.45, 7) is 5.64. The van der Waals surface area contributed by atoms with Crippen LogP contribution in [0.15, 0.2) is 6.07 Å². The van der Waals surface area contributed by atoms with Crippen molar-refractivity contribution in [2.45, 2.75) is 13.8 Å². The van der Waals surface area contributed by atoms with Gasteiger partial charge in [-0.25, -0.2) is 4.98 Å². The summed E-state index contributed by atoms with van der Waals surface area (Å²) in [5.41, 5.74) is 0.876. The molecule has 0 fully saturated rings. The maximum Gasteiger partial charge on any atom is 0.225 e. The van der Waals surface area contributed by atoms with Crippen LogP contribution in [0.25, 0.3) is 0 Å². The van der Waals surface area contributed by atoms with Crippen molar-refractivity contribution in [2.24, 2.45) is 0 Å². The first-order chi connectivity index (χ1) is 7.26. The Kier molecular flexibility index (Phi) is 4.83. The molecule has 15 heavy (non-hydrogen) atoms. The number of aromatic nitrogens is 2. The summed E-state index contributed by atoms with van der Waals surface area (Å²) in [4.78, 5) is 8.31. The summed E-state index contributed by atoms with van der Waals surface area (Å²) in [5, 5.41) is 2.88. The molecule has 5 heteroatoms. The van der Waals surface area contributed by atoms with Gasteiger partial charge in [-0.3, -0.25) is 0 Å². The summed E-state index contributed by atoms with van der Waals surface area (Å²) in [7, 11) is 1.78. The lowest BCUT2D eigenvalue weighted by atomic mass is 10.4. The highest BCUT2D eigenvalue weighted by Gasteiger charge is 2.01. The minimum atomic E-state index is 0.507. The fourth-order valence-electron chi connectivity index (χ4n) is 1.07. The monoisotopic (exact) mass is 211 g/mol. The van der Waals surface area contributed by atoms with Gasteiger partial charge >= 0.3 is 0 Å². The van der Waals surface area contributed by atoms with Gasteiger partial charge in [0, 0.05) is 25.4 Å². The highest BCUT2D eigenvalue weighted by atomic mass is 16.5. The van der Waals surface area contributed by atoms with Crippen LogP contribution in [0.5, 0.6) is 5.88 Å². The van der Waals surface area contributed by atoms with E-state index in [9.17, 15) is 0 Å². The van der Waals surface area contributed by atoms with E-state index in [0.717, 1.165) is 5.69 Å². The number of anilines is 1. The summed E-state index contributed by atoms with van der Waals surface area (Å²) in [6.07, 6.45) is 0. The van der Waals surface area contributed by atoms with Gasteiger partial charge in [-0.1, -0.05) is 0 Å². The van der Waals surface area contributed by atoms with E-state index in [4.69, 9.17) is 9.47 Å². The second-order valence-electron chi connectivity index (χ2n) is 2.97. The van der Waals surface area contributed by atoms with E-state index >= 15 is 0 Å². The maximum absolute atomic E-state index is 5.42. The Morgan fingerprint density at radius 1 is 1.33 bits per heavy atom. The van der Waals surface area contributed by atoms with Crippen molar-refractivity contribution in [1.29, 1.82) is 0 Å². The van der Waals surface area contributed by atoms with E-state index in [1.54, 1.807) is 13.1 Å². The van der Waals surface area contributed by atoms with Crippen LogP contribution in [0.3, 0.4) is 0 Å². The van der Waals surface area contributed by atoms with E-state index in [2.05, 4.69) is 15.3 Å². The Balaban J connectivity index is 2.49. The number of hydrogen-bond acceptors (Lipinski definition) is 5. The highest BCUT2D eigenvalue weighted by molar-refractivity contribution is 5.29. The van der Waals surface area contributed by atoms with Crippen LogP contribution in [0.2, 0.25) is 0 Å². The Hall–Kier alpha value is -1.36. The molecular formula is C10H17N3O2. The summed E-state index contributed by atoms with van der Waals surface area (Å²) in [6, 6.07) is 1.80. The van der Waals surface area contributed by atoms with Gasteiger partial charge in [0.2, 0.25) is 11.8 Å². The van der Waals surface area contributed by atoms with Gasteiger partial charge in [-0.2, -0.15) is 4.98 Å². The van der Waals surface area contributed by atoms with Gasteiger partial charge in [-0.15, -0.1) is 0 Å². The van der Waals surface area contributed by atoms with Crippen LogP contribution < -0.4 is 10.1 Å². The Morgan fingerprint density at radius 2 is 2.13 bits per heavy atom. The van der Waals surface area contributed by atoms with Gasteiger partial charge in [0.05, 0.1) is 6.61 Å². The van der Waals surface area contributed by atoms with Gasteiger partial charge < -0.3 is 14.8 Å². The Morgan fingerprint density at radius 3 is 2.80 bits per heavy atom. The van der Waals surface area contributed by atoms with Crippen LogP contribution in [-0.4, -0.2) is 36.8 Å². The number of nitrogens with one attached hydrogen (secondary N) is 1. The summed E-state index contributed by atoms with van der Waals surface area (Å²) >= 11 is 0. The molecule has 84 valence electrons. The van der Waals surface area contributed by atoms with Gasteiger partial charge in [0.15, 0.2) is 0 Å². The molecule has 0 saturated carbocycles. The zero-order valence-corrected chi connectivity index (χ0v) is 9.41. The number of hydrogen-bond donors (Lipinski definition) is 1. The van der Waals surface area contributed by atoms with Crippen molar-refractivity contribution >= 4 is 5.95 Å². The van der Waals surface area contributed by atoms with Crippen molar-refractivity contribution in [1.82, 2.24) is 9.97 Å². The van der Waals surface area contributed by atoms with Crippen LogP contribution in [0.4, 0.5) is 5.95 Å². The number of nitrogens with zero attached hydrogens (tertiary/aromatic N) is 2. The molecule has 1 heterocycles. The van der Waals surface area contributed by atoms with Crippen molar-refractivity contribution in [3.05, 3.63) is 11.8 Å². The normalized spacial score (nSPS) is 10.1. The quantitative estimate of drug-likeness (QED) is 0.717. The van der Waals surface area contributed by atoms with E-state index < -0.39 is 0 Å². The summed E-state index contributed by atoms with van der Waals surface area (Å²) < 4.78 is 10.6. The lowest BCUT2D eigenvalue weighted by molar-refractivity contribution is 0.108. The van der Waals surface area contributed by atoms with E-state index in [-0.39, 0.29) is 0 Å². The molecule has 0 spiro atoms. The molecule has 1 aromatic rings. The van der Waals surface area contributed by atoms with Crippen LogP contribution in [-0.2, 0) is 4.74 Å². The lowest BCUT2D eigenvalue weighted by Crippen LogP contribution is -2.08. The van der Waals surface area contributed by atoms with Gasteiger partial charge in [-0.05, 0) is 13.8 Å². The first kappa shape index (κ1) is 11.7. The molecule has 1 rings (SSSR count). The van der Waals surface area contributed by atoms with E-state index in [0.29, 0.717) is 31.6 Å². The van der Waals surface area contributed by atoms with Gasteiger partial charge in [0.1, 0.15) is 6.61 Å². The second-order valence-corrected chi connectivity index (χ2v) is 2.97. The zero-order valence-electron chi connectivity index (χ0n) is 9.41. The third-order valence-corrected chi connectivity index (χ3v) is 1.74. The fraction of sp³-hybridized carbons (Fsp3) is 0.600. The lowest BCUT2D eigenvalue weighted by Gasteiger charge is -2.07. The van der Waals surface area contributed by atoms with Crippen molar-refractivity contribution in [3.8, 4) is 5.88 Å². The number of aryl methyl sites for hydroxylation is 1. The molecule has 0 saturated heterocycles. The fourth-order valence-corrected chi connectivity index (χ4v) is 1.07. The minimum absolute atomic E-state index is 0.507. The predicted octanol–water partition coefficient (Wildman–Crippen LogP) is 1.24. The largest absolute Gasteiger partial charge is 0.475 e. The third kappa shape index (κ3) is 4.12. The van der Waals surface area contributed by atoms with Crippen molar-refractivity contribution in [3.63, 3.8) is 0 Å². The molecule has 0 aromatic carbocycles. The topological polar surface area (TPSA) is 56.3 Å². The van der Waals surface area contributed by atoms with Crippen LogP contribution in [0, 0.1) is 6.92 Å². The first-order valence-corrected chi connectivity index (χ1v) is 5.00. The number of ether oxygens (including phenoxy) is 2. The smallest absolute Gasteiger partial charge is 0.225 e. The molecule has 0 bridgehead atoms. The van der Waals surface area contributed by atoms with Crippen molar-refractivity contribution in [2.75, 3.05) is 32.2 Å². The van der Waals surface area contributed by atoms with Crippen LogP contribution in [0.1, 0.15) is 12.6 Å². The molecule has 5 nitrogen and oxygen atoms in total. The van der Waals surface area contributed by atoms with E-state index in [1.807, 2.05) is 13.8 Å². The molecule has 0 aliphatic heterocycles. The molecule has 1 N–H and O–H groups in total. The minimum Gasteiger partial charge on any atom is -0.475 e. The first-order valence-electron chi connectivity index (χ1n) is 5.00. The average Bonchev–Trinajstić information content (AvgIpc) is 2.23.